The highest BCUT2D eigenvalue weighted by atomic mass is 16.5. The van der Waals surface area contributed by atoms with Crippen LogP contribution < -0.4 is 10.1 Å². The van der Waals surface area contributed by atoms with Crippen LogP contribution in [0.2, 0.25) is 0 Å². The monoisotopic (exact) mass is 371 g/mol. The molecule has 28 heavy (non-hydrogen) atoms. The Kier molecular flexibility index (Phi) is 4.81. The zero-order valence-electron chi connectivity index (χ0n) is 15.9. The Bertz CT molecular complexity index is 1190. The molecule has 0 unspecified atom stereocenters. The highest BCUT2D eigenvalue weighted by Crippen LogP contribution is 2.31. The van der Waals surface area contributed by atoms with E-state index in [1.807, 2.05) is 36.4 Å². The fourth-order valence-electron chi connectivity index (χ4n) is 3.54. The van der Waals surface area contributed by atoms with Crippen LogP contribution in [-0.2, 0) is 13.1 Å². The molecule has 0 atom stereocenters. The van der Waals surface area contributed by atoms with Gasteiger partial charge in [0.05, 0.1) is 35.9 Å². The predicted octanol–water partition coefficient (Wildman–Crippen LogP) is 4.49. The van der Waals surface area contributed by atoms with Crippen molar-refractivity contribution in [3.05, 3.63) is 60.0 Å². The van der Waals surface area contributed by atoms with E-state index in [1.54, 1.807) is 13.3 Å². The van der Waals surface area contributed by atoms with Crippen LogP contribution in [-0.4, -0.2) is 21.6 Å². The number of rotatable bonds is 6. The number of imidazole rings is 1. The standard InChI is InChI=1S/C22H21N5O/c1-3-11-27-18-9-5-4-8-17(18)26-20(27)14-25-21-15(12-23)13-24-22-16(21)7-6-10-19(22)28-2/h4-10,13H,3,11,14H2,1-2H3,(H,24,25). The molecule has 0 aliphatic heterocycles. The van der Waals surface area contributed by atoms with Crippen molar-refractivity contribution < 1.29 is 4.74 Å². The Morgan fingerprint density at radius 3 is 2.82 bits per heavy atom. The highest BCUT2D eigenvalue weighted by molar-refractivity contribution is 5.97. The number of methoxy groups -OCH3 is 1. The number of benzene rings is 2. The van der Waals surface area contributed by atoms with Gasteiger partial charge in [-0.1, -0.05) is 31.2 Å². The lowest BCUT2D eigenvalue weighted by Crippen LogP contribution is -2.10. The maximum Gasteiger partial charge on any atom is 0.145 e. The van der Waals surface area contributed by atoms with Gasteiger partial charge in [-0.3, -0.25) is 4.98 Å². The fraction of sp³-hybridized carbons (Fsp3) is 0.227. The molecule has 0 aliphatic carbocycles. The minimum atomic E-state index is 0.499. The second-order valence-corrected chi connectivity index (χ2v) is 6.54. The van der Waals surface area contributed by atoms with Crippen molar-refractivity contribution in [1.29, 1.82) is 5.26 Å². The lowest BCUT2D eigenvalue weighted by Gasteiger charge is -2.14. The first-order valence-electron chi connectivity index (χ1n) is 9.30. The van der Waals surface area contributed by atoms with Crippen LogP contribution in [0.25, 0.3) is 21.9 Å². The molecule has 4 aromatic rings. The van der Waals surface area contributed by atoms with Gasteiger partial charge < -0.3 is 14.6 Å². The zero-order valence-corrected chi connectivity index (χ0v) is 15.9. The van der Waals surface area contributed by atoms with Gasteiger partial charge in [0.2, 0.25) is 0 Å². The van der Waals surface area contributed by atoms with Crippen molar-refractivity contribution in [1.82, 2.24) is 14.5 Å². The molecule has 0 aliphatic rings. The molecule has 0 bridgehead atoms. The molecular formula is C22H21N5O. The van der Waals surface area contributed by atoms with E-state index in [-0.39, 0.29) is 0 Å². The fourth-order valence-corrected chi connectivity index (χ4v) is 3.54. The average Bonchev–Trinajstić information content (AvgIpc) is 3.09. The predicted molar refractivity (Wildman–Crippen MR) is 110 cm³/mol. The molecule has 0 saturated heterocycles. The van der Waals surface area contributed by atoms with Crippen molar-refractivity contribution in [3.63, 3.8) is 0 Å². The molecule has 2 heterocycles. The topological polar surface area (TPSA) is 75.8 Å². The Labute approximate surface area is 163 Å². The third-order valence-corrected chi connectivity index (χ3v) is 4.80. The van der Waals surface area contributed by atoms with Gasteiger partial charge in [-0.05, 0) is 24.6 Å². The maximum atomic E-state index is 9.57. The molecule has 2 aromatic heterocycles. The van der Waals surface area contributed by atoms with E-state index in [9.17, 15) is 5.26 Å². The summed E-state index contributed by atoms with van der Waals surface area (Å²) in [5.74, 6) is 1.63. The number of para-hydroxylation sites is 3. The molecule has 140 valence electrons. The summed E-state index contributed by atoms with van der Waals surface area (Å²) >= 11 is 0. The number of hydrogen-bond donors (Lipinski definition) is 1. The first-order chi connectivity index (χ1) is 13.8. The summed E-state index contributed by atoms with van der Waals surface area (Å²) in [5, 5.41) is 13.9. The largest absolute Gasteiger partial charge is 0.494 e. The number of pyridine rings is 1. The molecule has 4 rings (SSSR count). The first-order valence-corrected chi connectivity index (χ1v) is 9.30. The van der Waals surface area contributed by atoms with Crippen LogP contribution in [0, 0.1) is 11.3 Å². The van der Waals surface area contributed by atoms with E-state index in [0.717, 1.165) is 46.4 Å². The summed E-state index contributed by atoms with van der Waals surface area (Å²) in [5.41, 5.74) is 4.09. The average molecular weight is 371 g/mol. The van der Waals surface area contributed by atoms with Gasteiger partial charge in [0.25, 0.3) is 0 Å². The van der Waals surface area contributed by atoms with Crippen molar-refractivity contribution >= 4 is 27.6 Å². The van der Waals surface area contributed by atoms with Gasteiger partial charge >= 0.3 is 0 Å². The van der Waals surface area contributed by atoms with Gasteiger partial charge in [-0.25, -0.2) is 4.98 Å². The third-order valence-electron chi connectivity index (χ3n) is 4.80. The Balaban J connectivity index is 1.76. The number of aryl methyl sites for hydroxylation is 1. The summed E-state index contributed by atoms with van der Waals surface area (Å²) in [6.07, 6.45) is 2.61. The lowest BCUT2D eigenvalue weighted by molar-refractivity contribution is 0.419. The second-order valence-electron chi connectivity index (χ2n) is 6.54. The van der Waals surface area contributed by atoms with Crippen LogP contribution in [0.3, 0.4) is 0 Å². The quantitative estimate of drug-likeness (QED) is 0.540. The number of hydrogen-bond acceptors (Lipinski definition) is 5. The minimum Gasteiger partial charge on any atom is -0.494 e. The second kappa shape index (κ2) is 7.57. The van der Waals surface area contributed by atoms with E-state index in [2.05, 4.69) is 33.9 Å². The summed E-state index contributed by atoms with van der Waals surface area (Å²) in [6.45, 7) is 3.57. The third kappa shape index (κ3) is 3.01. The highest BCUT2D eigenvalue weighted by Gasteiger charge is 2.14. The lowest BCUT2D eigenvalue weighted by atomic mass is 10.1. The van der Waals surface area contributed by atoms with Crippen molar-refractivity contribution in [2.24, 2.45) is 0 Å². The summed E-state index contributed by atoms with van der Waals surface area (Å²) in [7, 11) is 1.62. The molecule has 0 fully saturated rings. The minimum absolute atomic E-state index is 0.499. The number of nitriles is 1. The molecule has 0 amide bonds. The van der Waals surface area contributed by atoms with E-state index >= 15 is 0 Å². The van der Waals surface area contributed by atoms with E-state index < -0.39 is 0 Å². The van der Waals surface area contributed by atoms with Crippen LogP contribution in [0.4, 0.5) is 5.69 Å². The van der Waals surface area contributed by atoms with E-state index in [0.29, 0.717) is 17.9 Å². The summed E-state index contributed by atoms with van der Waals surface area (Å²) in [6, 6.07) is 16.1. The van der Waals surface area contributed by atoms with E-state index in [1.165, 1.54) is 0 Å². The van der Waals surface area contributed by atoms with Gasteiger partial charge in [0.15, 0.2) is 0 Å². The zero-order chi connectivity index (χ0) is 19.5. The van der Waals surface area contributed by atoms with Crippen molar-refractivity contribution in [3.8, 4) is 11.8 Å². The Morgan fingerprint density at radius 2 is 2.04 bits per heavy atom. The SMILES string of the molecule is CCCn1c(CNc2c(C#N)cnc3c(OC)cccc23)nc2ccccc21. The van der Waals surface area contributed by atoms with Gasteiger partial charge in [-0.15, -0.1) is 0 Å². The molecule has 2 aromatic carbocycles. The molecule has 6 nitrogen and oxygen atoms in total. The molecule has 0 saturated carbocycles. The Morgan fingerprint density at radius 1 is 1.18 bits per heavy atom. The molecule has 6 heteroatoms. The molecule has 0 spiro atoms. The number of aromatic nitrogens is 3. The first kappa shape index (κ1) is 17.8. The van der Waals surface area contributed by atoms with Gasteiger partial charge in [0.1, 0.15) is 23.2 Å². The number of ether oxygens (including phenoxy) is 1. The number of anilines is 1. The van der Waals surface area contributed by atoms with Crippen LogP contribution in [0.5, 0.6) is 5.75 Å². The normalized spacial score (nSPS) is 10.9. The number of nitrogens with one attached hydrogen (secondary N) is 1. The molecule has 0 radical (unpaired) electrons. The summed E-state index contributed by atoms with van der Waals surface area (Å²) < 4.78 is 7.65. The number of nitrogens with zero attached hydrogens (tertiary/aromatic N) is 4. The smallest absolute Gasteiger partial charge is 0.145 e. The number of fused-ring (bicyclic) bond motifs is 2. The molecule has 1 N–H and O–H groups in total. The van der Waals surface area contributed by atoms with Crippen LogP contribution in [0.1, 0.15) is 24.7 Å². The Hall–Kier alpha value is -3.59. The maximum absolute atomic E-state index is 9.57. The van der Waals surface area contributed by atoms with Crippen molar-refractivity contribution in [2.75, 3.05) is 12.4 Å². The van der Waals surface area contributed by atoms with E-state index in [4.69, 9.17) is 9.72 Å². The van der Waals surface area contributed by atoms with Crippen LogP contribution >= 0.6 is 0 Å². The van der Waals surface area contributed by atoms with Gasteiger partial charge in [-0.2, -0.15) is 5.26 Å². The van der Waals surface area contributed by atoms with Crippen LogP contribution in [0.15, 0.2) is 48.7 Å². The van der Waals surface area contributed by atoms with Gasteiger partial charge in [0, 0.05) is 18.1 Å². The summed E-state index contributed by atoms with van der Waals surface area (Å²) in [4.78, 5) is 9.20. The molecular weight excluding hydrogens is 350 g/mol. The van der Waals surface area contributed by atoms with Crippen molar-refractivity contribution in [2.45, 2.75) is 26.4 Å².